The number of thiazole rings is 1. The van der Waals surface area contributed by atoms with Gasteiger partial charge in [0, 0.05) is 37.2 Å². The molecule has 4 rings (SSSR count). The lowest BCUT2D eigenvalue weighted by Gasteiger charge is -2.16. The highest BCUT2D eigenvalue weighted by atomic mass is 32.1. The highest BCUT2D eigenvalue weighted by molar-refractivity contribution is 7.19. The van der Waals surface area contributed by atoms with Gasteiger partial charge in [0.25, 0.3) is 11.8 Å². The van der Waals surface area contributed by atoms with Gasteiger partial charge in [0.1, 0.15) is 15.7 Å². The van der Waals surface area contributed by atoms with Gasteiger partial charge in [0.2, 0.25) is 5.60 Å². The standard InChI is InChI=1S/C18H17N5O4S/c1-23-6-5-18(26,17(23)25)12-8-11(22-27-12)9-3-2-4-10(7-9)16-21-13(14(19)24)15(20)28-16/h2-4,7-8,26H,5-6,20H2,1H3,(H2,19,24)/t18-/m1/s1. The van der Waals surface area contributed by atoms with Crippen LogP contribution in [-0.2, 0) is 10.4 Å². The minimum Gasteiger partial charge on any atom is -0.389 e. The molecule has 1 saturated heterocycles. The van der Waals surface area contributed by atoms with Crippen molar-refractivity contribution >= 4 is 28.2 Å². The van der Waals surface area contributed by atoms with Crippen molar-refractivity contribution in [2.45, 2.75) is 12.0 Å². The lowest BCUT2D eigenvalue weighted by Crippen LogP contribution is -2.35. The quantitative estimate of drug-likeness (QED) is 0.597. The highest BCUT2D eigenvalue weighted by Crippen LogP contribution is 2.36. The predicted octanol–water partition coefficient (Wildman–Crippen LogP) is 1.20. The minimum atomic E-state index is -1.70. The number of aliphatic hydroxyl groups is 1. The van der Waals surface area contributed by atoms with E-state index in [-0.39, 0.29) is 22.9 Å². The Labute approximate surface area is 163 Å². The van der Waals surface area contributed by atoms with Crippen molar-refractivity contribution in [1.29, 1.82) is 0 Å². The number of likely N-dealkylation sites (N-methyl/N-ethyl adjacent to an activating group) is 1. The molecule has 3 heterocycles. The van der Waals surface area contributed by atoms with Crippen LogP contribution in [-0.4, -0.2) is 45.6 Å². The number of amides is 2. The summed E-state index contributed by atoms with van der Waals surface area (Å²) in [5.74, 6) is -0.991. The Morgan fingerprint density at radius 3 is 2.75 bits per heavy atom. The van der Waals surface area contributed by atoms with E-state index in [1.807, 2.05) is 12.1 Å². The van der Waals surface area contributed by atoms with Gasteiger partial charge in [-0.25, -0.2) is 4.98 Å². The van der Waals surface area contributed by atoms with Gasteiger partial charge in [-0.3, -0.25) is 9.59 Å². The van der Waals surface area contributed by atoms with Crippen LogP contribution in [0.25, 0.3) is 21.8 Å². The van der Waals surface area contributed by atoms with E-state index in [0.717, 1.165) is 16.9 Å². The number of anilines is 1. The number of nitrogen functional groups attached to an aromatic ring is 1. The Hall–Kier alpha value is -3.24. The number of carbonyl (C=O) groups is 2. The Morgan fingerprint density at radius 2 is 2.11 bits per heavy atom. The van der Waals surface area contributed by atoms with Crippen molar-refractivity contribution in [3.05, 3.63) is 41.8 Å². The SMILES string of the molecule is CN1CC[C@@](O)(c2cc(-c3cccc(-c4nc(C(N)=O)c(N)s4)c3)no2)C1=O. The molecule has 2 aromatic heterocycles. The number of rotatable bonds is 4. The molecule has 1 fully saturated rings. The van der Waals surface area contributed by atoms with Crippen molar-refractivity contribution < 1.29 is 19.2 Å². The third kappa shape index (κ3) is 2.83. The average molecular weight is 399 g/mol. The van der Waals surface area contributed by atoms with E-state index >= 15 is 0 Å². The Balaban J connectivity index is 1.68. The normalized spacial score (nSPS) is 19.4. The smallest absolute Gasteiger partial charge is 0.270 e. The first-order chi connectivity index (χ1) is 13.3. The zero-order chi connectivity index (χ0) is 20.1. The van der Waals surface area contributed by atoms with Crippen LogP contribution in [0.3, 0.4) is 0 Å². The molecule has 1 aromatic carbocycles. The molecule has 28 heavy (non-hydrogen) atoms. The fourth-order valence-corrected chi connectivity index (χ4v) is 3.96. The fourth-order valence-electron chi connectivity index (χ4n) is 3.13. The summed E-state index contributed by atoms with van der Waals surface area (Å²) in [5.41, 5.74) is 11.3. The summed E-state index contributed by atoms with van der Waals surface area (Å²) in [6.45, 7) is 0.439. The first kappa shape index (κ1) is 18.1. The van der Waals surface area contributed by atoms with Gasteiger partial charge in [-0.15, -0.1) is 0 Å². The number of aromatic nitrogens is 2. The van der Waals surface area contributed by atoms with Crippen LogP contribution in [0.5, 0.6) is 0 Å². The molecule has 2 amide bonds. The maximum Gasteiger partial charge on any atom is 0.270 e. The van der Waals surface area contributed by atoms with E-state index < -0.39 is 17.4 Å². The maximum absolute atomic E-state index is 12.2. The second-order valence-corrected chi connectivity index (χ2v) is 7.62. The first-order valence-corrected chi connectivity index (χ1v) is 9.23. The summed E-state index contributed by atoms with van der Waals surface area (Å²) in [5, 5.41) is 15.5. The van der Waals surface area contributed by atoms with Gasteiger partial charge < -0.3 is 26.0 Å². The molecule has 5 N–H and O–H groups in total. The monoisotopic (exact) mass is 399 g/mol. The first-order valence-electron chi connectivity index (χ1n) is 8.41. The molecule has 0 spiro atoms. The fraction of sp³-hybridized carbons (Fsp3) is 0.222. The summed E-state index contributed by atoms with van der Waals surface area (Å²) in [7, 11) is 1.63. The lowest BCUT2D eigenvalue weighted by atomic mass is 9.98. The third-order valence-corrected chi connectivity index (χ3v) is 5.65. The molecule has 1 atom stereocenters. The topological polar surface area (TPSA) is 149 Å². The van der Waals surface area contributed by atoms with Gasteiger partial charge in [0.15, 0.2) is 11.5 Å². The number of benzene rings is 1. The summed E-state index contributed by atoms with van der Waals surface area (Å²) < 4.78 is 5.28. The summed E-state index contributed by atoms with van der Waals surface area (Å²) in [6, 6.07) is 8.78. The third-order valence-electron chi connectivity index (χ3n) is 4.72. The summed E-state index contributed by atoms with van der Waals surface area (Å²) in [6.07, 6.45) is 0.241. The van der Waals surface area contributed by atoms with Gasteiger partial charge in [-0.2, -0.15) is 0 Å². The van der Waals surface area contributed by atoms with Gasteiger partial charge in [-0.05, 0) is 6.07 Å². The number of nitrogens with zero attached hydrogens (tertiary/aromatic N) is 3. The lowest BCUT2D eigenvalue weighted by molar-refractivity contribution is -0.144. The molecule has 0 radical (unpaired) electrons. The van der Waals surface area contributed by atoms with Crippen LogP contribution < -0.4 is 11.5 Å². The zero-order valence-electron chi connectivity index (χ0n) is 14.9. The van der Waals surface area contributed by atoms with Gasteiger partial charge >= 0.3 is 0 Å². The molecule has 1 aliphatic rings. The van der Waals surface area contributed by atoms with E-state index in [0.29, 0.717) is 22.8 Å². The van der Waals surface area contributed by atoms with Crippen molar-refractivity contribution in [2.75, 3.05) is 19.3 Å². The van der Waals surface area contributed by atoms with Crippen molar-refractivity contribution in [1.82, 2.24) is 15.0 Å². The van der Waals surface area contributed by atoms with Crippen molar-refractivity contribution in [3.8, 4) is 21.8 Å². The highest BCUT2D eigenvalue weighted by Gasteiger charge is 2.48. The molecule has 0 saturated carbocycles. The number of primary amides is 1. The molecule has 0 aliphatic carbocycles. The molecule has 3 aromatic rings. The second-order valence-electron chi connectivity index (χ2n) is 6.59. The summed E-state index contributed by atoms with van der Waals surface area (Å²) in [4.78, 5) is 29.3. The number of hydrogen-bond donors (Lipinski definition) is 3. The number of nitrogens with two attached hydrogens (primary N) is 2. The van der Waals surface area contributed by atoms with Crippen LogP contribution >= 0.6 is 11.3 Å². The molecular weight excluding hydrogens is 382 g/mol. The predicted molar refractivity (Wildman–Crippen MR) is 102 cm³/mol. The molecule has 0 unspecified atom stereocenters. The van der Waals surface area contributed by atoms with Crippen molar-refractivity contribution in [3.63, 3.8) is 0 Å². The molecule has 10 heteroatoms. The van der Waals surface area contributed by atoms with Crippen LogP contribution in [0.1, 0.15) is 22.7 Å². The Bertz CT molecular complexity index is 1090. The van der Waals surface area contributed by atoms with E-state index in [1.54, 1.807) is 25.2 Å². The van der Waals surface area contributed by atoms with Crippen molar-refractivity contribution in [2.24, 2.45) is 5.73 Å². The van der Waals surface area contributed by atoms with Crippen LogP contribution in [0.2, 0.25) is 0 Å². The number of likely N-dealkylation sites (tertiary alicyclic amines) is 1. The van der Waals surface area contributed by atoms with E-state index in [1.165, 1.54) is 4.90 Å². The van der Waals surface area contributed by atoms with E-state index in [2.05, 4.69) is 10.1 Å². The molecule has 0 bridgehead atoms. The molecule has 144 valence electrons. The number of hydrogen-bond acceptors (Lipinski definition) is 8. The van der Waals surface area contributed by atoms with Crippen LogP contribution in [0, 0.1) is 0 Å². The van der Waals surface area contributed by atoms with E-state index in [9.17, 15) is 14.7 Å². The Kier molecular flexibility index (Phi) is 4.16. The number of carbonyl (C=O) groups excluding carboxylic acids is 2. The molecule has 9 nitrogen and oxygen atoms in total. The second kappa shape index (κ2) is 6.43. The van der Waals surface area contributed by atoms with Crippen LogP contribution in [0.15, 0.2) is 34.9 Å². The maximum atomic E-state index is 12.2. The van der Waals surface area contributed by atoms with Crippen LogP contribution in [0.4, 0.5) is 5.00 Å². The molecule has 1 aliphatic heterocycles. The Morgan fingerprint density at radius 1 is 1.36 bits per heavy atom. The van der Waals surface area contributed by atoms with Gasteiger partial charge in [0.05, 0.1) is 0 Å². The summed E-state index contributed by atoms with van der Waals surface area (Å²) >= 11 is 1.16. The minimum absolute atomic E-state index is 0.0419. The average Bonchev–Trinajstić information content (AvgIpc) is 3.38. The van der Waals surface area contributed by atoms with Gasteiger partial charge in [-0.1, -0.05) is 34.7 Å². The zero-order valence-corrected chi connectivity index (χ0v) is 15.7. The molecular formula is C18H17N5O4S. The largest absolute Gasteiger partial charge is 0.389 e. The van der Waals surface area contributed by atoms with E-state index in [4.69, 9.17) is 16.0 Å².